The number of hydrogen-bond donors (Lipinski definition) is 2. The summed E-state index contributed by atoms with van der Waals surface area (Å²) in [7, 11) is 1.80. The van der Waals surface area contributed by atoms with E-state index in [0.717, 1.165) is 11.9 Å². The second kappa shape index (κ2) is 8.60. The summed E-state index contributed by atoms with van der Waals surface area (Å²) >= 11 is 0. The Morgan fingerprint density at radius 1 is 1.28 bits per heavy atom. The summed E-state index contributed by atoms with van der Waals surface area (Å²) in [4.78, 5) is 12.9. The van der Waals surface area contributed by atoms with Crippen LogP contribution < -0.4 is 10.6 Å². The Kier molecular flexibility index (Phi) is 5.98. The van der Waals surface area contributed by atoms with Crippen LogP contribution in [0.2, 0.25) is 0 Å². The van der Waals surface area contributed by atoms with Gasteiger partial charge in [0.05, 0.1) is 0 Å². The molecule has 0 aromatic carbocycles. The molecule has 0 atom stereocenters. The number of hydrogen-bond acceptors (Lipinski definition) is 5. The van der Waals surface area contributed by atoms with Gasteiger partial charge in [-0.25, -0.2) is 0 Å². The number of pyridine rings is 1. The molecule has 0 bridgehead atoms. The fourth-order valence-corrected chi connectivity index (χ4v) is 3.03. The van der Waals surface area contributed by atoms with Crippen molar-refractivity contribution in [3.8, 4) is 11.6 Å². The highest BCUT2D eigenvalue weighted by atomic mass is 16.5. The lowest BCUT2D eigenvalue weighted by Gasteiger charge is -2.28. The fourth-order valence-electron chi connectivity index (χ4n) is 3.03. The summed E-state index contributed by atoms with van der Waals surface area (Å²) in [5.41, 5.74) is 0.693. The molecule has 0 amide bonds. The maximum atomic E-state index is 5.27. The Morgan fingerprint density at radius 2 is 2.12 bits per heavy atom. The van der Waals surface area contributed by atoms with Gasteiger partial charge in [-0.2, -0.15) is 4.98 Å². The minimum atomic E-state index is 0.453. The van der Waals surface area contributed by atoms with E-state index in [1.165, 1.54) is 25.7 Å². The van der Waals surface area contributed by atoms with E-state index in [9.17, 15) is 0 Å². The molecule has 25 heavy (non-hydrogen) atoms. The molecule has 2 aromatic rings. The molecule has 3 rings (SSSR count). The van der Waals surface area contributed by atoms with Gasteiger partial charge in [-0.3, -0.25) is 9.98 Å². The molecule has 1 saturated carbocycles. The first-order valence-electron chi connectivity index (χ1n) is 8.95. The van der Waals surface area contributed by atoms with Gasteiger partial charge in [-0.15, -0.1) is 0 Å². The highest BCUT2D eigenvalue weighted by molar-refractivity contribution is 5.79. The van der Waals surface area contributed by atoms with Gasteiger partial charge < -0.3 is 15.2 Å². The van der Waals surface area contributed by atoms with Crippen LogP contribution >= 0.6 is 0 Å². The molecule has 1 fully saturated rings. The summed E-state index contributed by atoms with van der Waals surface area (Å²) in [6.07, 6.45) is 7.36. The lowest BCUT2D eigenvalue weighted by molar-refractivity contribution is 0.329. The lowest BCUT2D eigenvalue weighted by atomic mass is 9.87. The molecule has 134 valence electrons. The molecule has 0 aliphatic heterocycles. The van der Waals surface area contributed by atoms with Gasteiger partial charge >= 0.3 is 0 Å². The third kappa shape index (κ3) is 5.01. The fraction of sp³-hybridized carbons (Fsp3) is 0.556. The minimum absolute atomic E-state index is 0.453. The van der Waals surface area contributed by atoms with E-state index in [-0.39, 0.29) is 0 Å². The maximum Gasteiger partial charge on any atom is 0.276 e. The topological polar surface area (TPSA) is 88.2 Å². The van der Waals surface area contributed by atoms with Gasteiger partial charge in [-0.1, -0.05) is 18.1 Å². The summed E-state index contributed by atoms with van der Waals surface area (Å²) in [6.45, 7) is 3.03. The number of guanidine groups is 1. The van der Waals surface area contributed by atoms with E-state index >= 15 is 0 Å². The standard InChI is InChI=1S/C18H26N6O/c1-13-6-8-14(9-7-13)22-18(19-2)21-12-10-16-23-17(25-24-16)15-5-3-4-11-20-15/h3-5,11,13-14H,6-10,12H2,1-2H3,(H2,19,21,22). The molecular formula is C18H26N6O. The van der Waals surface area contributed by atoms with Crippen molar-refractivity contribution in [3.63, 3.8) is 0 Å². The van der Waals surface area contributed by atoms with Crippen LogP contribution in [0, 0.1) is 5.92 Å². The van der Waals surface area contributed by atoms with E-state index in [0.29, 0.717) is 36.4 Å². The van der Waals surface area contributed by atoms with Crippen LogP contribution in [-0.2, 0) is 6.42 Å². The van der Waals surface area contributed by atoms with Crippen molar-refractivity contribution in [3.05, 3.63) is 30.2 Å². The molecule has 7 nitrogen and oxygen atoms in total. The van der Waals surface area contributed by atoms with Gasteiger partial charge in [0.15, 0.2) is 11.8 Å². The van der Waals surface area contributed by atoms with Crippen LogP contribution in [-0.4, -0.2) is 40.7 Å². The molecule has 2 heterocycles. The van der Waals surface area contributed by atoms with Crippen molar-refractivity contribution in [2.24, 2.45) is 10.9 Å². The molecule has 7 heteroatoms. The van der Waals surface area contributed by atoms with Crippen LogP contribution in [0.25, 0.3) is 11.6 Å². The summed E-state index contributed by atoms with van der Waals surface area (Å²) in [5, 5.41) is 10.8. The summed E-state index contributed by atoms with van der Waals surface area (Å²) < 4.78 is 5.27. The SMILES string of the molecule is CN=C(NCCc1noc(-c2ccccn2)n1)NC1CCC(C)CC1. The van der Waals surface area contributed by atoms with Gasteiger partial charge in [0.1, 0.15) is 5.69 Å². The number of aliphatic imine (C=N–C) groups is 1. The van der Waals surface area contributed by atoms with Crippen molar-refractivity contribution in [1.29, 1.82) is 0 Å². The average molecular weight is 342 g/mol. The zero-order valence-corrected chi connectivity index (χ0v) is 14.9. The summed E-state index contributed by atoms with van der Waals surface area (Å²) in [5.74, 6) is 2.80. The van der Waals surface area contributed by atoms with Gasteiger partial charge in [0, 0.05) is 32.3 Å². The highest BCUT2D eigenvalue weighted by Gasteiger charge is 2.18. The van der Waals surface area contributed by atoms with Gasteiger partial charge in [0.25, 0.3) is 5.89 Å². The summed E-state index contributed by atoms with van der Waals surface area (Å²) in [6, 6.07) is 6.13. The Hall–Kier alpha value is -2.44. The van der Waals surface area contributed by atoms with E-state index < -0.39 is 0 Å². The van der Waals surface area contributed by atoms with Gasteiger partial charge in [0.2, 0.25) is 0 Å². The van der Waals surface area contributed by atoms with Crippen LogP contribution in [0.5, 0.6) is 0 Å². The van der Waals surface area contributed by atoms with Crippen LogP contribution in [0.4, 0.5) is 0 Å². The first-order chi connectivity index (χ1) is 12.2. The van der Waals surface area contributed by atoms with E-state index in [1.807, 2.05) is 18.2 Å². The number of aromatic nitrogens is 3. The average Bonchev–Trinajstić information content (AvgIpc) is 3.12. The molecule has 1 aliphatic rings. The molecular weight excluding hydrogens is 316 g/mol. The van der Waals surface area contributed by atoms with Crippen LogP contribution in [0.15, 0.2) is 33.9 Å². The number of rotatable bonds is 5. The Morgan fingerprint density at radius 3 is 2.84 bits per heavy atom. The van der Waals surface area contributed by atoms with Crippen molar-refractivity contribution in [2.45, 2.75) is 45.1 Å². The molecule has 1 aliphatic carbocycles. The smallest absolute Gasteiger partial charge is 0.276 e. The molecule has 0 saturated heterocycles. The maximum absolute atomic E-state index is 5.27. The first-order valence-corrected chi connectivity index (χ1v) is 8.95. The Balaban J connectivity index is 1.45. The van der Waals surface area contributed by atoms with Gasteiger partial charge in [-0.05, 0) is 43.7 Å². The van der Waals surface area contributed by atoms with Crippen LogP contribution in [0.3, 0.4) is 0 Å². The van der Waals surface area contributed by atoms with E-state index in [2.05, 4.69) is 37.7 Å². The molecule has 2 N–H and O–H groups in total. The van der Waals surface area contributed by atoms with Crippen molar-refractivity contribution in [2.75, 3.05) is 13.6 Å². The third-order valence-electron chi connectivity index (χ3n) is 4.57. The van der Waals surface area contributed by atoms with Crippen molar-refractivity contribution in [1.82, 2.24) is 25.8 Å². The number of nitrogens with zero attached hydrogens (tertiary/aromatic N) is 4. The molecule has 0 spiro atoms. The molecule has 0 unspecified atom stereocenters. The number of nitrogens with one attached hydrogen (secondary N) is 2. The van der Waals surface area contributed by atoms with E-state index in [4.69, 9.17) is 4.52 Å². The third-order valence-corrected chi connectivity index (χ3v) is 4.57. The minimum Gasteiger partial charge on any atom is -0.356 e. The zero-order chi connectivity index (χ0) is 17.5. The predicted octanol–water partition coefficient (Wildman–Crippen LogP) is 2.42. The zero-order valence-electron chi connectivity index (χ0n) is 14.9. The quantitative estimate of drug-likeness (QED) is 0.641. The van der Waals surface area contributed by atoms with E-state index in [1.54, 1.807) is 13.2 Å². The lowest BCUT2D eigenvalue weighted by Crippen LogP contribution is -2.45. The molecule has 2 aromatic heterocycles. The largest absolute Gasteiger partial charge is 0.356 e. The van der Waals surface area contributed by atoms with Crippen LogP contribution in [0.1, 0.15) is 38.4 Å². The Bertz CT molecular complexity index is 676. The normalized spacial score (nSPS) is 21.1. The second-order valence-corrected chi connectivity index (χ2v) is 6.58. The highest BCUT2D eigenvalue weighted by Crippen LogP contribution is 2.23. The first kappa shape index (κ1) is 17.4. The Labute approximate surface area is 148 Å². The predicted molar refractivity (Wildman–Crippen MR) is 97.2 cm³/mol. The van der Waals surface area contributed by atoms with Crippen molar-refractivity contribution >= 4 is 5.96 Å². The van der Waals surface area contributed by atoms with Crippen molar-refractivity contribution < 1.29 is 4.52 Å². The molecule has 0 radical (unpaired) electrons. The second-order valence-electron chi connectivity index (χ2n) is 6.58. The monoisotopic (exact) mass is 342 g/mol.